The first-order valence-corrected chi connectivity index (χ1v) is 20.6. The second-order valence-electron chi connectivity index (χ2n) is 17.2. The second-order valence-corrected chi connectivity index (χ2v) is 19.1. The Balaban J connectivity index is 1.29. The molecule has 0 aromatic carbocycles. The molecule has 4 saturated carbocycles. The predicted octanol–water partition coefficient (Wildman–Crippen LogP) is 10.7. The summed E-state index contributed by atoms with van der Waals surface area (Å²) >= 11 is 1.77. The van der Waals surface area contributed by atoms with Crippen molar-refractivity contribution in [2.45, 2.75) is 167 Å². The van der Waals surface area contributed by atoms with Crippen LogP contribution in [0.2, 0.25) is 0 Å². The number of nitrogens with one attached hydrogen (secondary N) is 1. The van der Waals surface area contributed by atoms with Crippen molar-refractivity contribution in [1.82, 2.24) is 5.32 Å². The van der Waals surface area contributed by atoms with Crippen LogP contribution in [0.5, 0.6) is 0 Å². The summed E-state index contributed by atoms with van der Waals surface area (Å²) in [6, 6.07) is 0. The van der Waals surface area contributed by atoms with E-state index in [9.17, 15) is 9.59 Å². The van der Waals surface area contributed by atoms with E-state index in [-0.39, 0.29) is 16.7 Å². The largest absolute Gasteiger partial charge is 0.364 e. The molecule has 0 aromatic rings. The topological polar surface area (TPSA) is 72.2 Å². The normalized spacial score (nSPS) is 37.7. The Morgan fingerprint density at radius 2 is 1.57 bits per heavy atom. The van der Waals surface area contributed by atoms with Gasteiger partial charge in [-0.2, -0.15) is 0 Å². The number of unbranched alkanes of at least 4 members (excludes halogenated alkanes) is 8. The van der Waals surface area contributed by atoms with Gasteiger partial charge in [-0.25, -0.2) is 0 Å². The number of allylic oxidation sites excluding steroid dienone is 5. The van der Waals surface area contributed by atoms with Crippen molar-refractivity contribution in [2.24, 2.45) is 51.6 Å². The third-order valence-electron chi connectivity index (χ3n) is 14.3. The van der Waals surface area contributed by atoms with Gasteiger partial charge >= 0.3 is 0 Å². The fourth-order valence-electron chi connectivity index (χ4n) is 11.9. The summed E-state index contributed by atoms with van der Waals surface area (Å²) in [6.07, 6.45) is 30.9. The first-order chi connectivity index (χ1) is 22.4. The molecule has 4 aliphatic carbocycles. The number of nitrogens with two attached hydrogens (primary N) is 1. The Morgan fingerprint density at radius 1 is 0.894 bits per heavy atom. The molecule has 0 radical (unpaired) electrons. The molecular formula is C42H68N2O2S. The molecule has 0 amide bonds. The molecule has 4 nitrogen and oxygen atoms in total. The molecule has 5 heteroatoms. The minimum atomic E-state index is -0.791. The zero-order valence-electron chi connectivity index (χ0n) is 30.9. The standard InChI is InChI=1S/C42H68N2O2S/c1-7-8-9-10-11-12-13-14-17-20-38(46)42(43,47-30(2)3)35-24-22-32-31-21-23-34-39(4,33(31)25-27-40(32,35)5)28-26-37(45)41(34,6)36-19-16-15-18-29-44-36/h15-16,18-19,29-35,44H,7-14,17,20-28,43H2,1-6H3/t31-,32-,33-,34+,35?,39+,40-,41?,42?/m0/s1. The average molecular weight is 665 g/mol. The lowest BCUT2D eigenvalue weighted by atomic mass is 9.40. The third-order valence-corrected chi connectivity index (χ3v) is 15.7. The van der Waals surface area contributed by atoms with E-state index < -0.39 is 10.3 Å². The molecule has 3 unspecified atom stereocenters. The van der Waals surface area contributed by atoms with E-state index in [0.29, 0.717) is 53.3 Å². The number of rotatable bonds is 15. The van der Waals surface area contributed by atoms with Crippen molar-refractivity contribution in [3.05, 3.63) is 36.2 Å². The molecule has 264 valence electrons. The maximum atomic E-state index is 14.2. The van der Waals surface area contributed by atoms with E-state index in [0.717, 1.165) is 44.2 Å². The molecule has 0 bridgehead atoms. The highest BCUT2D eigenvalue weighted by atomic mass is 32.2. The predicted molar refractivity (Wildman–Crippen MR) is 200 cm³/mol. The zero-order chi connectivity index (χ0) is 33.9. The summed E-state index contributed by atoms with van der Waals surface area (Å²) < 4.78 is 0. The van der Waals surface area contributed by atoms with Gasteiger partial charge in [0.05, 0.1) is 5.41 Å². The summed E-state index contributed by atoms with van der Waals surface area (Å²) in [4.78, 5) is 27.2. The van der Waals surface area contributed by atoms with Crippen LogP contribution in [-0.2, 0) is 9.59 Å². The molecular weight excluding hydrogens is 597 g/mol. The molecule has 47 heavy (non-hydrogen) atoms. The highest BCUT2D eigenvalue weighted by Gasteiger charge is 2.66. The van der Waals surface area contributed by atoms with Crippen molar-refractivity contribution in [2.75, 3.05) is 0 Å². The van der Waals surface area contributed by atoms with Crippen LogP contribution < -0.4 is 11.1 Å². The summed E-state index contributed by atoms with van der Waals surface area (Å²) in [5, 5.41) is 3.85. The Bertz CT molecular complexity index is 1210. The summed E-state index contributed by atoms with van der Waals surface area (Å²) in [5.41, 5.74) is 8.29. The van der Waals surface area contributed by atoms with Gasteiger partial charge in [-0.15, -0.1) is 11.8 Å². The summed E-state index contributed by atoms with van der Waals surface area (Å²) in [7, 11) is 0. The van der Waals surface area contributed by atoms with Gasteiger partial charge in [-0.3, -0.25) is 9.59 Å². The molecule has 5 rings (SSSR count). The van der Waals surface area contributed by atoms with Gasteiger partial charge in [0.1, 0.15) is 10.7 Å². The molecule has 9 atom stereocenters. The summed E-state index contributed by atoms with van der Waals surface area (Å²) in [6.45, 7) is 14.0. The van der Waals surface area contributed by atoms with Crippen LogP contribution in [0.25, 0.3) is 0 Å². The lowest BCUT2D eigenvalue weighted by Crippen LogP contribution is -2.62. The van der Waals surface area contributed by atoms with Gasteiger partial charge in [-0.05, 0) is 111 Å². The Labute approximate surface area is 292 Å². The van der Waals surface area contributed by atoms with E-state index in [1.807, 2.05) is 18.4 Å². The van der Waals surface area contributed by atoms with Crippen molar-refractivity contribution < 1.29 is 9.59 Å². The second kappa shape index (κ2) is 15.3. The number of Topliss-reactive ketones (excluding diaryl/α,β-unsaturated/α-hetero) is 2. The molecule has 0 spiro atoms. The minimum absolute atomic E-state index is 0.101. The van der Waals surface area contributed by atoms with Crippen LogP contribution in [0.1, 0.15) is 157 Å². The number of carbonyl (C=O) groups is 2. The summed E-state index contributed by atoms with van der Waals surface area (Å²) in [5.74, 6) is 3.22. The van der Waals surface area contributed by atoms with E-state index in [4.69, 9.17) is 5.73 Å². The maximum absolute atomic E-state index is 14.2. The van der Waals surface area contributed by atoms with Gasteiger partial charge in [0.2, 0.25) is 0 Å². The molecule has 1 aliphatic heterocycles. The molecule has 0 aromatic heterocycles. The smallest absolute Gasteiger partial charge is 0.163 e. The van der Waals surface area contributed by atoms with E-state index >= 15 is 0 Å². The van der Waals surface area contributed by atoms with Gasteiger partial charge in [0.25, 0.3) is 0 Å². The number of hydrogen-bond acceptors (Lipinski definition) is 5. The Hall–Kier alpha value is -1.33. The van der Waals surface area contributed by atoms with Crippen LogP contribution in [0.3, 0.4) is 0 Å². The SMILES string of the molecule is CCCCCCCCCCCC(=O)C(N)(SC(C)C)C1CC[C@H]2[C@@H]3CC[C@H]4C(C)(C5=CC=CC=CN5)C(=O)CC[C@]4(C)[C@H]3CC[C@]12C. The van der Waals surface area contributed by atoms with Crippen molar-refractivity contribution in [1.29, 1.82) is 0 Å². The quantitative estimate of drug-likeness (QED) is 0.135. The fraction of sp³-hybridized carbons (Fsp3) is 0.810. The highest BCUT2D eigenvalue weighted by molar-refractivity contribution is 8.01. The average Bonchev–Trinajstić information content (AvgIpc) is 3.18. The lowest BCUT2D eigenvalue weighted by molar-refractivity contribution is -0.162. The van der Waals surface area contributed by atoms with E-state index in [1.165, 1.54) is 64.2 Å². The van der Waals surface area contributed by atoms with Gasteiger partial charge in [0.15, 0.2) is 5.78 Å². The molecule has 1 heterocycles. The fourth-order valence-corrected chi connectivity index (χ4v) is 13.5. The van der Waals surface area contributed by atoms with Gasteiger partial charge in [0, 0.05) is 30.0 Å². The highest BCUT2D eigenvalue weighted by Crippen LogP contribution is 2.71. The number of carbonyl (C=O) groups excluding carboxylic acids is 2. The maximum Gasteiger partial charge on any atom is 0.163 e. The van der Waals surface area contributed by atoms with Crippen LogP contribution in [0.4, 0.5) is 0 Å². The van der Waals surface area contributed by atoms with Gasteiger partial charge < -0.3 is 11.1 Å². The monoisotopic (exact) mass is 665 g/mol. The molecule has 3 N–H and O–H groups in total. The van der Waals surface area contributed by atoms with Crippen LogP contribution in [0, 0.1) is 45.8 Å². The molecule has 4 fully saturated rings. The first-order valence-electron chi connectivity index (χ1n) is 19.8. The van der Waals surface area contributed by atoms with Crippen LogP contribution >= 0.6 is 11.8 Å². The van der Waals surface area contributed by atoms with Crippen molar-refractivity contribution in [3.63, 3.8) is 0 Å². The Kier molecular flexibility index (Phi) is 12.0. The minimum Gasteiger partial charge on any atom is -0.364 e. The van der Waals surface area contributed by atoms with E-state index in [1.54, 1.807) is 11.8 Å². The number of thioether (sulfide) groups is 1. The van der Waals surface area contributed by atoms with Crippen LogP contribution in [-0.4, -0.2) is 21.7 Å². The van der Waals surface area contributed by atoms with Crippen molar-refractivity contribution in [3.8, 4) is 0 Å². The number of hydrogen-bond donors (Lipinski definition) is 2. The first kappa shape index (κ1) is 36.9. The zero-order valence-corrected chi connectivity index (χ0v) is 31.7. The van der Waals surface area contributed by atoms with Gasteiger partial charge in [-0.1, -0.05) is 98.1 Å². The third kappa shape index (κ3) is 7.02. The van der Waals surface area contributed by atoms with Crippen molar-refractivity contribution >= 4 is 23.3 Å². The Morgan fingerprint density at radius 3 is 2.28 bits per heavy atom. The van der Waals surface area contributed by atoms with E-state index in [2.05, 4.69) is 59.0 Å². The molecule has 5 aliphatic rings. The number of fused-ring (bicyclic) bond motifs is 5. The van der Waals surface area contributed by atoms with Crippen LogP contribution in [0.15, 0.2) is 36.2 Å². The molecule has 0 saturated heterocycles. The lowest BCUT2D eigenvalue weighted by Gasteiger charge is -2.64. The number of ketones is 2.